The van der Waals surface area contributed by atoms with Crippen LogP contribution in [0.1, 0.15) is 111 Å². The van der Waals surface area contributed by atoms with Crippen LogP contribution in [0.2, 0.25) is 0 Å². The van der Waals surface area contributed by atoms with Gasteiger partial charge in [0.2, 0.25) is 0 Å². The van der Waals surface area contributed by atoms with Crippen LogP contribution in [0.15, 0.2) is 84.9 Å². The highest BCUT2D eigenvalue weighted by Crippen LogP contribution is 2.38. The molecule has 0 radical (unpaired) electrons. The first-order valence-electron chi connectivity index (χ1n) is 18.2. The maximum absolute atomic E-state index is 12.8. The van der Waals surface area contributed by atoms with Crippen molar-refractivity contribution in [3.8, 4) is 39.9 Å². The van der Waals surface area contributed by atoms with Crippen LogP contribution in [0.3, 0.4) is 0 Å². The first-order valence-corrected chi connectivity index (χ1v) is 18.2. The summed E-state index contributed by atoms with van der Waals surface area (Å²) in [7, 11) is 1.48. The molecular formula is C43H52O6. The number of benzene rings is 4. The minimum absolute atomic E-state index is 0.0895. The Morgan fingerprint density at radius 3 is 1.73 bits per heavy atom. The molecule has 0 heterocycles. The molecule has 1 aliphatic carbocycles. The summed E-state index contributed by atoms with van der Waals surface area (Å²) in [5.74, 6) is 2.61. The number of hydrogen-bond acceptors (Lipinski definition) is 6. The number of carbonyl (C=O) groups is 1. The maximum Gasteiger partial charge on any atom is 0.200 e. The minimum Gasteiger partial charge on any atom is -0.507 e. The Morgan fingerprint density at radius 1 is 0.633 bits per heavy atom. The van der Waals surface area contributed by atoms with Crippen molar-refractivity contribution < 1.29 is 29.2 Å². The molecule has 0 bridgehead atoms. The van der Waals surface area contributed by atoms with E-state index in [0.29, 0.717) is 30.6 Å². The van der Waals surface area contributed by atoms with Gasteiger partial charge in [-0.2, -0.15) is 0 Å². The molecule has 0 aromatic heterocycles. The zero-order valence-electron chi connectivity index (χ0n) is 29.2. The number of phenolic OH excluding ortho intramolecular Hbond substituents is 2. The van der Waals surface area contributed by atoms with E-state index in [-0.39, 0.29) is 22.6 Å². The van der Waals surface area contributed by atoms with Gasteiger partial charge in [0.1, 0.15) is 28.7 Å². The topological polar surface area (TPSA) is 85.2 Å². The van der Waals surface area contributed by atoms with Gasteiger partial charge < -0.3 is 24.4 Å². The van der Waals surface area contributed by atoms with E-state index in [2.05, 4.69) is 55.5 Å². The summed E-state index contributed by atoms with van der Waals surface area (Å²) >= 11 is 0. The minimum atomic E-state index is -0.479. The predicted molar refractivity (Wildman–Crippen MR) is 196 cm³/mol. The van der Waals surface area contributed by atoms with Crippen LogP contribution in [0, 0.1) is 5.92 Å². The Morgan fingerprint density at radius 2 is 1.16 bits per heavy atom. The Balaban J connectivity index is 0.959. The number of methoxy groups -OCH3 is 1. The van der Waals surface area contributed by atoms with Gasteiger partial charge in [-0.15, -0.1) is 0 Å². The lowest BCUT2D eigenvalue weighted by Crippen LogP contribution is -2.13. The zero-order chi connectivity index (χ0) is 34.4. The largest absolute Gasteiger partial charge is 0.507 e. The van der Waals surface area contributed by atoms with Crippen molar-refractivity contribution in [1.29, 1.82) is 0 Å². The van der Waals surface area contributed by atoms with E-state index in [1.165, 1.54) is 99.4 Å². The Labute approximate surface area is 292 Å². The van der Waals surface area contributed by atoms with Gasteiger partial charge in [-0.05, 0) is 116 Å². The molecule has 5 rings (SSSR count). The van der Waals surface area contributed by atoms with Gasteiger partial charge >= 0.3 is 0 Å². The van der Waals surface area contributed by atoms with Crippen molar-refractivity contribution in [3.05, 3.63) is 102 Å². The molecule has 0 saturated heterocycles. The van der Waals surface area contributed by atoms with Gasteiger partial charge in [0.15, 0.2) is 5.78 Å². The van der Waals surface area contributed by atoms with Gasteiger partial charge in [-0.25, -0.2) is 0 Å². The van der Waals surface area contributed by atoms with E-state index >= 15 is 0 Å². The summed E-state index contributed by atoms with van der Waals surface area (Å²) in [6.45, 7) is 3.47. The van der Waals surface area contributed by atoms with Gasteiger partial charge in [-0.1, -0.05) is 69.0 Å². The maximum atomic E-state index is 12.8. The lowest BCUT2D eigenvalue weighted by molar-refractivity contribution is 0.103. The van der Waals surface area contributed by atoms with E-state index in [1.54, 1.807) is 12.1 Å². The number of aromatic hydroxyl groups is 2. The van der Waals surface area contributed by atoms with Gasteiger partial charge in [0, 0.05) is 12.1 Å². The third-order valence-corrected chi connectivity index (χ3v) is 9.87. The number of ether oxygens (including phenoxy) is 3. The molecule has 6 heteroatoms. The molecule has 1 aliphatic rings. The van der Waals surface area contributed by atoms with Crippen molar-refractivity contribution >= 4 is 5.78 Å². The number of hydrogen-bond donors (Lipinski definition) is 2. The molecular weight excluding hydrogens is 612 g/mol. The van der Waals surface area contributed by atoms with Crippen molar-refractivity contribution in [2.45, 2.75) is 89.9 Å². The van der Waals surface area contributed by atoms with Crippen LogP contribution in [-0.4, -0.2) is 36.3 Å². The van der Waals surface area contributed by atoms with Crippen molar-refractivity contribution in [3.63, 3.8) is 0 Å². The summed E-state index contributed by atoms with van der Waals surface area (Å²) < 4.78 is 16.9. The van der Waals surface area contributed by atoms with E-state index < -0.39 is 5.78 Å². The number of carbonyl (C=O) groups excluding carboxylic acids is 1. The summed E-state index contributed by atoms with van der Waals surface area (Å²) in [6.07, 6.45) is 14.8. The first-order chi connectivity index (χ1) is 23.9. The highest BCUT2D eigenvalue weighted by atomic mass is 16.5. The highest BCUT2D eigenvalue weighted by Gasteiger charge is 2.22. The summed E-state index contributed by atoms with van der Waals surface area (Å²) in [4.78, 5) is 12.8. The van der Waals surface area contributed by atoms with Crippen LogP contribution in [-0.2, 0) is 0 Å². The quantitative estimate of drug-likeness (QED) is 0.0813. The highest BCUT2D eigenvalue weighted by molar-refractivity contribution is 6.12. The molecule has 49 heavy (non-hydrogen) atoms. The molecule has 0 aliphatic heterocycles. The van der Waals surface area contributed by atoms with Gasteiger partial charge in [0.25, 0.3) is 0 Å². The average Bonchev–Trinajstić information content (AvgIpc) is 3.13. The van der Waals surface area contributed by atoms with Crippen LogP contribution >= 0.6 is 0 Å². The molecule has 1 fully saturated rings. The Hall–Kier alpha value is -4.45. The van der Waals surface area contributed by atoms with Crippen LogP contribution in [0.4, 0.5) is 0 Å². The first kappa shape index (κ1) is 35.8. The van der Waals surface area contributed by atoms with E-state index in [4.69, 9.17) is 14.2 Å². The summed E-state index contributed by atoms with van der Waals surface area (Å²) in [6, 6.07) is 26.7. The second kappa shape index (κ2) is 18.4. The second-order valence-electron chi connectivity index (χ2n) is 13.4. The number of ketones is 1. The molecule has 2 N–H and O–H groups in total. The van der Waals surface area contributed by atoms with Gasteiger partial charge in [-0.3, -0.25) is 4.79 Å². The third kappa shape index (κ3) is 10.3. The summed E-state index contributed by atoms with van der Waals surface area (Å²) in [5.41, 5.74) is 4.14. The number of rotatable bonds is 18. The summed E-state index contributed by atoms with van der Waals surface area (Å²) in [5, 5.41) is 20.6. The van der Waals surface area contributed by atoms with Crippen molar-refractivity contribution in [1.82, 2.24) is 0 Å². The lowest BCUT2D eigenvalue weighted by Gasteiger charge is -2.29. The number of unbranched alkanes of at least 4 members (excludes halogenated alkanes) is 5. The molecule has 0 atom stereocenters. The fraction of sp³-hybridized carbons (Fsp3) is 0.419. The molecule has 0 unspecified atom stereocenters. The Bertz CT molecular complexity index is 1600. The standard InChI is InChI=1S/C43H52O6/c1-3-4-7-10-31-11-13-32(14-12-31)33-15-17-34(18-16-33)35-19-21-36(22-20-35)48-27-8-5-6-9-28-49-38-24-26-40(42(45)30-38)43(46)39-25-23-37(47-2)29-41(39)44/h15-26,29-32,44-45H,3-14,27-28H2,1-2H3/t31-,32-. The number of phenols is 2. The zero-order valence-corrected chi connectivity index (χ0v) is 29.2. The molecule has 0 spiro atoms. The molecule has 1 saturated carbocycles. The van der Waals surface area contributed by atoms with Crippen molar-refractivity contribution in [2.75, 3.05) is 20.3 Å². The van der Waals surface area contributed by atoms with E-state index in [0.717, 1.165) is 37.4 Å². The molecule has 4 aromatic carbocycles. The fourth-order valence-corrected chi connectivity index (χ4v) is 6.87. The van der Waals surface area contributed by atoms with Crippen LogP contribution in [0.25, 0.3) is 11.1 Å². The van der Waals surface area contributed by atoms with Gasteiger partial charge in [0.05, 0.1) is 31.5 Å². The van der Waals surface area contributed by atoms with Crippen molar-refractivity contribution in [2.24, 2.45) is 5.92 Å². The van der Waals surface area contributed by atoms with Crippen LogP contribution < -0.4 is 14.2 Å². The fourth-order valence-electron chi connectivity index (χ4n) is 6.87. The molecule has 4 aromatic rings. The molecule has 6 nitrogen and oxygen atoms in total. The SMILES string of the molecule is CCCCC[C@H]1CC[C@H](c2ccc(-c3ccc(OCCCCCCOc4ccc(C(=O)c5ccc(OC)cc5O)c(O)c4)cc3)cc2)CC1. The van der Waals surface area contributed by atoms with E-state index in [9.17, 15) is 15.0 Å². The van der Waals surface area contributed by atoms with E-state index in [1.807, 2.05) is 0 Å². The molecule has 0 amide bonds. The Kier molecular flexibility index (Phi) is 13.4. The smallest absolute Gasteiger partial charge is 0.200 e. The second-order valence-corrected chi connectivity index (χ2v) is 13.4. The lowest BCUT2D eigenvalue weighted by atomic mass is 9.77. The monoisotopic (exact) mass is 664 g/mol. The predicted octanol–water partition coefficient (Wildman–Crippen LogP) is 10.9. The molecule has 260 valence electrons. The normalized spacial score (nSPS) is 15.9. The average molecular weight is 665 g/mol. The van der Waals surface area contributed by atoms with Crippen LogP contribution in [0.5, 0.6) is 28.7 Å². The third-order valence-electron chi connectivity index (χ3n) is 9.87.